The number of piperidine rings is 1. The number of hydrogen-bond donors (Lipinski definition) is 2. The Morgan fingerprint density at radius 3 is 2.65 bits per heavy atom. The van der Waals surface area contributed by atoms with Crippen LogP contribution in [-0.2, 0) is 4.79 Å². The number of para-hydroxylation sites is 1. The highest BCUT2D eigenvalue weighted by atomic mass is 16.3. The van der Waals surface area contributed by atoms with E-state index < -0.39 is 6.10 Å². The average molecular weight is 319 g/mol. The fourth-order valence-corrected chi connectivity index (χ4v) is 2.99. The predicted octanol–water partition coefficient (Wildman–Crippen LogP) is 1.65. The maximum atomic E-state index is 12.0. The number of hydrogen-bond acceptors (Lipinski definition) is 4. The van der Waals surface area contributed by atoms with Crippen LogP contribution in [0.25, 0.3) is 0 Å². The summed E-state index contributed by atoms with van der Waals surface area (Å²) in [6.45, 7) is 5.90. The van der Waals surface area contributed by atoms with Gasteiger partial charge in [0.15, 0.2) is 0 Å². The molecule has 23 heavy (non-hydrogen) atoms. The summed E-state index contributed by atoms with van der Waals surface area (Å²) in [6, 6.07) is 9.43. The molecule has 128 valence electrons. The molecule has 5 heteroatoms. The number of nitrogens with one attached hydrogen (secondary N) is 1. The fraction of sp³-hybridized carbons (Fsp3) is 0.611. The quantitative estimate of drug-likeness (QED) is 0.802. The molecule has 1 saturated heterocycles. The summed E-state index contributed by atoms with van der Waals surface area (Å²) < 4.78 is 0. The van der Waals surface area contributed by atoms with E-state index in [0.29, 0.717) is 13.1 Å². The molecule has 0 saturated carbocycles. The summed E-state index contributed by atoms with van der Waals surface area (Å²) in [6.07, 6.45) is 2.00. The lowest BCUT2D eigenvalue weighted by Crippen LogP contribution is -2.43. The van der Waals surface area contributed by atoms with Gasteiger partial charge in [0.2, 0.25) is 5.91 Å². The van der Waals surface area contributed by atoms with Crippen molar-refractivity contribution >= 4 is 11.6 Å². The van der Waals surface area contributed by atoms with Crippen molar-refractivity contribution in [3.05, 3.63) is 30.3 Å². The van der Waals surface area contributed by atoms with E-state index in [1.165, 1.54) is 12.8 Å². The second-order valence-corrected chi connectivity index (χ2v) is 6.75. The van der Waals surface area contributed by atoms with Gasteiger partial charge in [-0.1, -0.05) is 25.1 Å². The van der Waals surface area contributed by atoms with Crippen molar-refractivity contribution in [3.63, 3.8) is 0 Å². The summed E-state index contributed by atoms with van der Waals surface area (Å²) >= 11 is 0. The summed E-state index contributed by atoms with van der Waals surface area (Å²) in [5, 5.41) is 13.1. The van der Waals surface area contributed by atoms with E-state index in [9.17, 15) is 9.90 Å². The van der Waals surface area contributed by atoms with E-state index >= 15 is 0 Å². The first-order valence-electron chi connectivity index (χ1n) is 8.47. The number of β-amino-alcohol motifs (C(OH)–C–C–N with tert-alkyl or cyclic N) is 1. The predicted molar refractivity (Wildman–Crippen MR) is 93.4 cm³/mol. The number of anilines is 1. The zero-order valence-corrected chi connectivity index (χ0v) is 14.2. The Hall–Kier alpha value is -1.43. The van der Waals surface area contributed by atoms with Crippen LogP contribution in [0.5, 0.6) is 0 Å². The number of carbonyl (C=O) groups is 1. The van der Waals surface area contributed by atoms with E-state index in [2.05, 4.69) is 17.1 Å². The number of likely N-dealkylation sites (N-methyl/N-ethyl adjacent to an activating group) is 1. The van der Waals surface area contributed by atoms with Crippen molar-refractivity contribution in [2.75, 3.05) is 45.1 Å². The van der Waals surface area contributed by atoms with Crippen LogP contribution < -0.4 is 5.32 Å². The lowest BCUT2D eigenvalue weighted by molar-refractivity contribution is -0.117. The van der Waals surface area contributed by atoms with Crippen molar-refractivity contribution in [2.45, 2.75) is 25.9 Å². The third kappa shape index (κ3) is 6.69. The summed E-state index contributed by atoms with van der Waals surface area (Å²) in [5.41, 5.74) is 0.800. The number of likely N-dealkylation sites (tertiary alicyclic amines) is 1. The van der Waals surface area contributed by atoms with Crippen molar-refractivity contribution in [2.24, 2.45) is 5.92 Å². The van der Waals surface area contributed by atoms with Gasteiger partial charge in [-0.25, -0.2) is 0 Å². The summed E-state index contributed by atoms with van der Waals surface area (Å²) in [5.74, 6) is 0.741. The molecular formula is C18H29N3O2. The van der Waals surface area contributed by atoms with E-state index in [1.807, 2.05) is 42.3 Å². The van der Waals surface area contributed by atoms with E-state index in [4.69, 9.17) is 0 Å². The molecule has 0 aliphatic carbocycles. The topological polar surface area (TPSA) is 55.8 Å². The molecule has 2 N–H and O–H groups in total. The highest BCUT2D eigenvalue weighted by Crippen LogP contribution is 2.16. The number of aliphatic hydroxyl groups excluding tert-OH is 1. The second-order valence-electron chi connectivity index (χ2n) is 6.75. The van der Waals surface area contributed by atoms with Crippen LogP contribution in [0.3, 0.4) is 0 Å². The van der Waals surface area contributed by atoms with Crippen LogP contribution in [0.1, 0.15) is 19.8 Å². The summed E-state index contributed by atoms with van der Waals surface area (Å²) in [4.78, 5) is 16.2. The lowest BCUT2D eigenvalue weighted by Gasteiger charge is -2.32. The van der Waals surface area contributed by atoms with Crippen LogP contribution in [-0.4, -0.2) is 66.7 Å². The Morgan fingerprint density at radius 1 is 1.35 bits per heavy atom. The van der Waals surface area contributed by atoms with Gasteiger partial charge in [-0.3, -0.25) is 9.69 Å². The molecule has 5 nitrogen and oxygen atoms in total. The van der Waals surface area contributed by atoms with E-state index in [-0.39, 0.29) is 12.5 Å². The molecule has 1 atom stereocenters. The third-order valence-corrected chi connectivity index (χ3v) is 4.34. The molecule has 1 aliphatic rings. The molecular weight excluding hydrogens is 290 g/mol. The van der Waals surface area contributed by atoms with E-state index in [1.54, 1.807) is 0 Å². The van der Waals surface area contributed by atoms with Crippen LogP contribution in [0.2, 0.25) is 0 Å². The van der Waals surface area contributed by atoms with Crippen LogP contribution in [0.15, 0.2) is 30.3 Å². The molecule has 0 bridgehead atoms. The molecule has 1 amide bonds. The molecule has 2 rings (SSSR count). The fourth-order valence-electron chi connectivity index (χ4n) is 2.99. The Bertz CT molecular complexity index is 472. The molecule has 0 aromatic heterocycles. The highest BCUT2D eigenvalue weighted by molar-refractivity contribution is 5.92. The minimum absolute atomic E-state index is 0.0577. The second kappa shape index (κ2) is 9.01. The SMILES string of the molecule is CC1CCN(CC(O)CN(C)CC(=O)Nc2ccccc2)CC1. The van der Waals surface area contributed by atoms with Gasteiger partial charge >= 0.3 is 0 Å². The molecule has 1 unspecified atom stereocenters. The van der Waals surface area contributed by atoms with Crippen molar-refractivity contribution in [1.29, 1.82) is 0 Å². The Balaban J connectivity index is 1.67. The van der Waals surface area contributed by atoms with E-state index in [0.717, 1.165) is 24.7 Å². The van der Waals surface area contributed by atoms with Crippen molar-refractivity contribution < 1.29 is 9.90 Å². The van der Waals surface area contributed by atoms with Gasteiger partial charge in [-0.2, -0.15) is 0 Å². The largest absolute Gasteiger partial charge is 0.390 e. The van der Waals surface area contributed by atoms with Gasteiger partial charge in [0.1, 0.15) is 0 Å². The third-order valence-electron chi connectivity index (χ3n) is 4.34. The first-order chi connectivity index (χ1) is 11.0. The Kier molecular flexibility index (Phi) is 7.02. The van der Waals surface area contributed by atoms with Gasteiger partial charge in [-0.05, 0) is 51.0 Å². The first kappa shape index (κ1) is 17.9. The lowest BCUT2D eigenvalue weighted by atomic mass is 9.99. The minimum atomic E-state index is -0.419. The van der Waals surface area contributed by atoms with Gasteiger partial charge in [0.05, 0.1) is 12.6 Å². The monoisotopic (exact) mass is 319 g/mol. The van der Waals surface area contributed by atoms with Crippen molar-refractivity contribution in [3.8, 4) is 0 Å². The normalized spacial score (nSPS) is 18.1. The first-order valence-corrected chi connectivity index (χ1v) is 8.47. The minimum Gasteiger partial charge on any atom is -0.390 e. The van der Waals surface area contributed by atoms with Crippen LogP contribution in [0, 0.1) is 5.92 Å². The zero-order valence-electron chi connectivity index (χ0n) is 14.2. The van der Waals surface area contributed by atoms with Crippen molar-refractivity contribution in [1.82, 2.24) is 9.80 Å². The molecule has 1 aromatic rings. The average Bonchev–Trinajstić information content (AvgIpc) is 2.50. The maximum Gasteiger partial charge on any atom is 0.238 e. The number of aliphatic hydroxyl groups is 1. The van der Waals surface area contributed by atoms with Gasteiger partial charge in [-0.15, -0.1) is 0 Å². The Labute approximate surface area is 139 Å². The van der Waals surface area contributed by atoms with Gasteiger partial charge in [0.25, 0.3) is 0 Å². The molecule has 1 fully saturated rings. The van der Waals surface area contributed by atoms with Crippen LogP contribution in [0.4, 0.5) is 5.69 Å². The number of carbonyl (C=O) groups excluding carboxylic acids is 1. The smallest absolute Gasteiger partial charge is 0.238 e. The number of nitrogens with zero attached hydrogens (tertiary/aromatic N) is 2. The van der Waals surface area contributed by atoms with Crippen LogP contribution >= 0.6 is 0 Å². The molecule has 0 spiro atoms. The standard InChI is InChI=1S/C18H29N3O2/c1-15-8-10-21(11-9-15)13-17(22)12-20(2)14-18(23)19-16-6-4-3-5-7-16/h3-7,15,17,22H,8-14H2,1-2H3,(H,19,23). The van der Waals surface area contributed by atoms with Gasteiger partial charge in [0, 0.05) is 18.8 Å². The summed E-state index contributed by atoms with van der Waals surface area (Å²) in [7, 11) is 1.87. The van der Waals surface area contributed by atoms with Gasteiger partial charge < -0.3 is 15.3 Å². The zero-order chi connectivity index (χ0) is 16.7. The number of benzene rings is 1. The number of amides is 1. The molecule has 1 aliphatic heterocycles. The maximum absolute atomic E-state index is 12.0. The highest BCUT2D eigenvalue weighted by Gasteiger charge is 2.19. The number of rotatable bonds is 7. The molecule has 1 heterocycles. The molecule has 0 radical (unpaired) electrons. The molecule has 1 aromatic carbocycles. The Morgan fingerprint density at radius 2 is 2.00 bits per heavy atom.